The van der Waals surface area contributed by atoms with Crippen LogP contribution < -0.4 is 0 Å². The number of phenols is 1. The second kappa shape index (κ2) is 6.77. The Bertz CT molecular complexity index is 830. The summed E-state index contributed by atoms with van der Waals surface area (Å²) in [5.74, 6) is 0.236. The van der Waals surface area contributed by atoms with Gasteiger partial charge in [-0.3, -0.25) is 4.98 Å². The minimum absolute atomic E-state index is 0.236. The van der Waals surface area contributed by atoms with Crippen molar-refractivity contribution < 1.29 is 14.6 Å². The number of methoxy groups -OCH3 is 2. The lowest BCUT2D eigenvalue weighted by Gasteiger charge is -2.11. The van der Waals surface area contributed by atoms with Crippen LogP contribution in [0.5, 0.6) is 5.75 Å². The molecule has 0 radical (unpaired) electrons. The normalized spacial score (nSPS) is 11.0. The molecule has 3 rings (SSSR count). The summed E-state index contributed by atoms with van der Waals surface area (Å²) in [6.07, 6.45) is 1.85. The van der Waals surface area contributed by atoms with Crippen LogP contribution in [0.2, 0.25) is 0 Å². The molecule has 4 heteroatoms. The molecule has 0 spiro atoms. The van der Waals surface area contributed by atoms with Crippen LogP contribution in [0, 0.1) is 0 Å². The minimum Gasteiger partial charge on any atom is -0.508 e. The van der Waals surface area contributed by atoms with E-state index in [4.69, 9.17) is 9.47 Å². The van der Waals surface area contributed by atoms with Crippen LogP contribution in [-0.2, 0) is 22.7 Å². The number of fused-ring (bicyclic) bond motifs is 1. The summed E-state index contributed by atoms with van der Waals surface area (Å²) >= 11 is 0. The lowest BCUT2D eigenvalue weighted by atomic mass is 10.0. The first-order valence-electron chi connectivity index (χ1n) is 7.40. The highest BCUT2D eigenvalue weighted by Crippen LogP contribution is 2.27. The zero-order valence-corrected chi connectivity index (χ0v) is 13.2. The Morgan fingerprint density at radius 2 is 1.61 bits per heavy atom. The number of hydrogen-bond donors (Lipinski definition) is 1. The predicted molar refractivity (Wildman–Crippen MR) is 90.3 cm³/mol. The molecule has 0 fully saturated rings. The van der Waals surface area contributed by atoms with Crippen molar-refractivity contribution in [2.45, 2.75) is 13.2 Å². The van der Waals surface area contributed by atoms with Gasteiger partial charge in [0.25, 0.3) is 0 Å². The SMILES string of the molecule is COCc1cc2cnc(-c3cccc(O)c3)cc2cc1COC. The molecule has 1 heterocycles. The van der Waals surface area contributed by atoms with Crippen molar-refractivity contribution in [3.8, 4) is 17.0 Å². The number of aromatic hydroxyl groups is 1. The summed E-state index contributed by atoms with van der Waals surface area (Å²) in [6.45, 7) is 1.08. The fraction of sp³-hybridized carbons (Fsp3) is 0.211. The summed E-state index contributed by atoms with van der Waals surface area (Å²) in [5, 5.41) is 11.8. The smallest absolute Gasteiger partial charge is 0.116 e. The first kappa shape index (κ1) is 15.5. The van der Waals surface area contributed by atoms with Crippen LogP contribution in [0.1, 0.15) is 11.1 Å². The van der Waals surface area contributed by atoms with Crippen molar-refractivity contribution in [1.29, 1.82) is 0 Å². The molecule has 0 amide bonds. The van der Waals surface area contributed by atoms with Gasteiger partial charge in [-0.1, -0.05) is 12.1 Å². The number of rotatable bonds is 5. The standard InChI is InChI=1S/C19H19NO3/c1-22-11-16-6-14-9-19(13-4-3-5-18(21)8-13)20-10-15(14)7-17(16)12-23-2/h3-10,21H,11-12H2,1-2H3. The molecule has 1 N–H and O–H groups in total. The number of pyridine rings is 1. The highest BCUT2D eigenvalue weighted by Gasteiger charge is 2.08. The largest absolute Gasteiger partial charge is 0.508 e. The molecule has 0 unspecified atom stereocenters. The fourth-order valence-electron chi connectivity index (χ4n) is 2.69. The Hall–Kier alpha value is -2.43. The van der Waals surface area contributed by atoms with Crippen LogP contribution in [0.4, 0.5) is 0 Å². The topological polar surface area (TPSA) is 51.6 Å². The molecule has 1 aromatic heterocycles. The van der Waals surface area contributed by atoms with E-state index in [1.807, 2.05) is 24.4 Å². The fourth-order valence-corrected chi connectivity index (χ4v) is 2.69. The van der Waals surface area contributed by atoms with Gasteiger partial charge in [0.1, 0.15) is 5.75 Å². The summed E-state index contributed by atoms with van der Waals surface area (Å²) in [4.78, 5) is 4.51. The maximum atomic E-state index is 9.64. The zero-order valence-electron chi connectivity index (χ0n) is 13.2. The summed E-state index contributed by atoms with van der Waals surface area (Å²) in [6, 6.07) is 13.3. The van der Waals surface area contributed by atoms with E-state index in [0.29, 0.717) is 13.2 Å². The summed E-state index contributed by atoms with van der Waals surface area (Å²) in [7, 11) is 3.37. The number of nitrogens with zero attached hydrogens (tertiary/aromatic N) is 1. The van der Waals surface area contributed by atoms with E-state index in [2.05, 4.69) is 17.1 Å². The molecule has 0 aliphatic carbocycles. The van der Waals surface area contributed by atoms with Crippen molar-refractivity contribution in [2.24, 2.45) is 0 Å². The average molecular weight is 309 g/mol. The van der Waals surface area contributed by atoms with Crippen LogP contribution >= 0.6 is 0 Å². The Balaban J connectivity index is 2.10. The predicted octanol–water partition coefficient (Wildman–Crippen LogP) is 3.90. The van der Waals surface area contributed by atoms with E-state index in [1.165, 1.54) is 0 Å². The van der Waals surface area contributed by atoms with Gasteiger partial charge in [0.15, 0.2) is 0 Å². The van der Waals surface area contributed by atoms with Crippen LogP contribution in [-0.4, -0.2) is 24.3 Å². The maximum absolute atomic E-state index is 9.64. The van der Waals surface area contributed by atoms with Crippen molar-refractivity contribution in [3.63, 3.8) is 0 Å². The van der Waals surface area contributed by atoms with Gasteiger partial charge in [-0.25, -0.2) is 0 Å². The van der Waals surface area contributed by atoms with Gasteiger partial charge in [0, 0.05) is 31.4 Å². The maximum Gasteiger partial charge on any atom is 0.116 e. The van der Waals surface area contributed by atoms with Gasteiger partial charge in [-0.05, 0) is 46.8 Å². The van der Waals surface area contributed by atoms with E-state index in [-0.39, 0.29) is 5.75 Å². The molecule has 3 aromatic rings. The molecule has 4 nitrogen and oxygen atoms in total. The number of aromatic nitrogens is 1. The average Bonchev–Trinajstić information content (AvgIpc) is 2.55. The van der Waals surface area contributed by atoms with Gasteiger partial charge >= 0.3 is 0 Å². The number of hydrogen-bond acceptors (Lipinski definition) is 4. The molecule has 0 saturated carbocycles. The van der Waals surface area contributed by atoms with Crippen molar-refractivity contribution in [1.82, 2.24) is 4.98 Å². The highest BCUT2D eigenvalue weighted by molar-refractivity contribution is 5.86. The minimum atomic E-state index is 0.236. The molecular weight excluding hydrogens is 290 g/mol. The molecule has 23 heavy (non-hydrogen) atoms. The number of ether oxygens (including phenoxy) is 2. The molecule has 0 atom stereocenters. The number of benzene rings is 2. The molecule has 2 aromatic carbocycles. The molecule has 118 valence electrons. The van der Waals surface area contributed by atoms with E-state index < -0.39 is 0 Å². The second-order valence-corrected chi connectivity index (χ2v) is 5.45. The molecule has 0 aliphatic rings. The zero-order chi connectivity index (χ0) is 16.2. The monoisotopic (exact) mass is 309 g/mol. The molecule has 0 aliphatic heterocycles. The lowest BCUT2D eigenvalue weighted by molar-refractivity contribution is 0.168. The Morgan fingerprint density at radius 3 is 2.26 bits per heavy atom. The summed E-state index contributed by atoms with van der Waals surface area (Å²) in [5.41, 5.74) is 3.93. The quantitative estimate of drug-likeness (QED) is 0.776. The third-order valence-corrected chi connectivity index (χ3v) is 3.78. The van der Waals surface area contributed by atoms with E-state index in [0.717, 1.165) is 33.2 Å². The van der Waals surface area contributed by atoms with Gasteiger partial charge in [0.2, 0.25) is 0 Å². The van der Waals surface area contributed by atoms with Gasteiger partial charge in [0.05, 0.1) is 18.9 Å². The Kier molecular flexibility index (Phi) is 4.55. The van der Waals surface area contributed by atoms with Crippen LogP contribution in [0.15, 0.2) is 48.7 Å². The van der Waals surface area contributed by atoms with Gasteiger partial charge in [-0.15, -0.1) is 0 Å². The third-order valence-electron chi connectivity index (χ3n) is 3.78. The number of phenolic OH excluding ortho intramolecular Hbond substituents is 1. The van der Waals surface area contributed by atoms with Crippen LogP contribution in [0.25, 0.3) is 22.0 Å². The lowest BCUT2D eigenvalue weighted by Crippen LogP contribution is -1.98. The van der Waals surface area contributed by atoms with Crippen molar-refractivity contribution >= 4 is 10.8 Å². The molecular formula is C19H19NO3. The third kappa shape index (κ3) is 3.33. The molecule has 0 saturated heterocycles. The highest BCUT2D eigenvalue weighted by atomic mass is 16.5. The second-order valence-electron chi connectivity index (χ2n) is 5.45. The Morgan fingerprint density at radius 1 is 0.913 bits per heavy atom. The first-order valence-corrected chi connectivity index (χ1v) is 7.40. The van der Waals surface area contributed by atoms with E-state index >= 15 is 0 Å². The Labute approximate surface area is 135 Å². The van der Waals surface area contributed by atoms with E-state index in [9.17, 15) is 5.11 Å². The van der Waals surface area contributed by atoms with Crippen molar-refractivity contribution in [3.05, 3.63) is 59.8 Å². The van der Waals surface area contributed by atoms with Crippen LogP contribution in [0.3, 0.4) is 0 Å². The summed E-state index contributed by atoms with van der Waals surface area (Å²) < 4.78 is 10.6. The van der Waals surface area contributed by atoms with Gasteiger partial charge < -0.3 is 14.6 Å². The van der Waals surface area contributed by atoms with Gasteiger partial charge in [-0.2, -0.15) is 0 Å². The molecule has 0 bridgehead atoms. The van der Waals surface area contributed by atoms with Crippen molar-refractivity contribution in [2.75, 3.05) is 14.2 Å². The first-order chi connectivity index (χ1) is 11.2. The van der Waals surface area contributed by atoms with E-state index in [1.54, 1.807) is 26.4 Å².